The van der Waals surface area contributed by atoms with Crippen LogP contribution in [0.5, 0.6) is 0 Å². The Hall–Kier alpha value is -1.13. The second kappa shape index (κ2) is 5.27. The van der Waals surface area contributed by atoms with Crippen LogP contribution in [0.4, 0.5) is 0 Å². The zero-order valence-corrected chi connectivity index (χ0v) is 10.4. The highest BCUT2D eigenvalue weighted by Crippen LogP contribution is 2.25. The van der Waals surface area contributed by atoms with Crippen LogP contribution >= 0.6 is 11.3 Å². The minimum atomic E-state index is 0.877. The quantitative estimate of drug-likeness (QED) is 0.811. The highest BCUT2D eigenvalue weighted by molar-refractivity contribution is 7.13. The summed E-state index contributed by atoms with van der Waals surface area (Å²) in [5.41, 5.74) is 1.16. The van der Waals surface area contributed by atoms with E-state index in [1.54, 1.807) is 11.3 Å². The summed E-state index contributed by atoms with van der Waals surface area (Å²) in [4.78, 5) is 4.56. The van der Waals surface area contributed by atoms with Gasteiger partial charge in [-0.2, -0.15) is 0 Å². The standard InChI is InChI=1S/C12H16N2OS/c1-9-5-6-11(15-9)12-14-10(8-16-12)4-3-7-13-2/h5-6,8,13H,3-4,7H2,1-2H3. The van der Waals surface area contributed by atoms with Crippen molar-refractivity contribution in [2.45, 2.75) is 19.8 Å². The Bertz CT molecular complexity index is 447. The SMILES string of the molecule is CNCCCc1csc(-c2ccc(C)o2)n1. The molecule has 2 heterocycles. The molecule has 2 aromatic heterocycles. The minimum Gasteiger partial charge on any atom is -0.459 e. The lowest BCUT2D eigenvalue weighted by atomic mass is 10.2. The lowest BCUT2D eigenvalue weighted by molar-refractivity contribution is 0.547. The van der Waals surface area contributed by atoms with E-state index in [4.69, 9.17) is 4.42 Å². The molecule has 0 fully saturated rings. The van der Waals surface area contributed by atoms with E-state index in [2.05, 4.69) is 15.7 Å². The maximum atomic E-state index is 5.54. The molecule has 0 radical (unpaired) electrons. The van der Waals surface area contributed by atoms with Gasteiger partial charge in [0.2, 0.25) is 0 Å². The van der Waals surface area contributed by atoms with E-state index >= 15 is 0 Å². The normalized spacial score (nSPS) is 10.9. The van der Waals surface area contributed by atoms with Crippen molar-refractivity contribution in [2.24, 2.45) is 0 Å². The van der Waals surface area contributed by atoms with Gasteiger partial charge in [-0.1, -0.05) is 0 Å². The summed E-state index contributed by atoms with van der Waals surface area (Å²) in [6.07, 6.45) is 2.15. The van der Waals surface area contributed by atoms with Gasteiger partial charge >= 0.3 is 0 Å². The Morgan fingerprint density at radius 3 is 3.00 bits per heavy atom. The molecule has 0 amide bonds. The monoisotopic (exact) mass is 236 g/mol. The van der Waals surface area contributed by atoms with Gasteiger partial charge in [0.15, 0.2) is 10.8 Å². The predicted molar refractivity (Wildman–Crippen MR) is 66.8 cm³/mol. The molecule has 2 aromatic rings. The Kier molecular flexibility index (Phi) is 3.74. The van der Waals surface area contributed by atoms with Crippen LogP contribution in [0.1, 0.15) is 17.9 Å². The van der Waals surface area contributed by atoms with Gasteiger partial charge in [-0.05, 0) is 45.5 Å². The molecule has 0 aromatic carbocycles. The van der Waals surface area contributed by atoms with Crippen molar-refractivity contribution in [2.75, 3.05) is 13.6 Å². The fourth-order valence-corrected chi connectivity index (χ4v) is 2.34. The molecular formula is C12H16N2OS. The number of nitrogens with zero attached hydrogens (tertiary/aromatic N) is 1. The number of aromatic nitrogens is 1. The van der Waals surface area contributed by atoms with Crippen molar-refractivity contribution >= 4 is 11.3 Å². The molecule has 3 nitrogen and oxygen atoms in total. The van der Waals surface area contributed by atoms with E-state index in [0.717, 1.165) is 41.6 Å². The summed E-state index contributed by atoms with van der Waals surface area (Å²) in [6, 6.07) is 3.95. The lowest BCUT2D eigenvalue weighted by Crippen LogP contribution is -2.08. The molecular weight excluding hydrogens is 220 g/mol. The van der Waals surface area contributed by atoms with Gasteiger partial charge in [-0.15, -0.1) is 11.3 Å². The van der Waals surface area contributed by atoms with Gasteiger partial charge in [0, 0.05) is 5.38 Å². The topological polar surface area (TPSA) is 38.1 Å². The second-order valence-corrected chi connectivity index (χ2v) is 4.62. The van der Waals surface area contributed by atoms with Gasteiger partial charge in [0.05, 0.1) is 5.69 Å². The first-order chi connectivity index (χ1) is 7.79. The van der Waals surface area contributed by atoms with Crippen molar-refractivity contribution in [3.63, 3.8) is 0 Å². The summed E-state index contributed by atoms with van der Waals surface area (Å²) in [5.74, 6) is 1.81. The first-order valence-corrected chi connectivity index (χ1v) is 6.33. The molecule has 1 N–H and O–H groups in total. The van der Waals surface area contributed by atoms with Crippen LogP contribution in [0.2, 0.25) is 0 Å². The molecule has 0 bridgehead atoms. The third kappa shape index (κ3) is 2.71. The molecule has 4 heteroatoms. The second-order valence-electron chi connectivity index (χ2n) is 3.76. The average molecular weight is 236 g/mol. The lowest BCUT2D eigenvalue weighted by Gasteiger charge is -1.95. The van der Waals surface area contributed by atoms with Crippen molar-refractivity contribution < 1.29 is 4.42 Å². The molecule has 86 valence electrons. The van der Waals surface area contributed by atoms with Crippen molar-refractivity contribution in [3.8, 4) is 10.8 Å². The van der Waals surface area contributed by atoms with Crippen LogP contribution in [-0.2, 0) is 6.42 Å². The highest BCUT2D eigenvalue weighted by Gasteiger charge is 2.07. The Morgan fingerprint density at radius 2 is 2.31 bits per heavy atom. The van der Waals surface area contributed by atoms with E-state index in [-0.39, 0.29) is 0 Å². The Morgan fingerprint density at radius 1 is 1.44 bits per heavy atom. The molecule has 0 unspecified atom stereocenters. The zero-order valence-electron chi connectivity index (χ0n) is 9.62. The third-order valence-corrected chi connectivity index (χ3v) is 3.27. The Balaban J connectivity index is 2.02. The van der Waals surface area contributed by atoms with E-state index in [9.17, 15) is 0 Å². The zero-order chi connectivity index (χ0) is 11.4. The largest absolute Gasteiger partial charge is 0.459 e. The van der Waals surface area contributed by atoms with Crippen LogP contribution < -0.4 is 5.32 Å². The predicted octanol–water partition coefficient (Wildman–Crippen LogP) is 2.86. The smallest absolute Gasteiger partial charge is 0.162 e. The number of nitrogens with one attached hydrogen (secondary N) is 1. The third-order valence-electron chi connectivity index (χ3n) is 2.36. The van der Waals surface area contributed by atoms with Crippen molar-refractivity contribution in [1.82, 2.24) is 10.3 Å². The molecule has 0 spiro atoms. The summed E-state index contributed by atoms with van der Waals surface area (Å²) < 4.78 is 5.54. The van der Waals surface area contributed by atoms with E-state index in [0.29, 0.717) is 0 Å². The van der Waals surface area contributed by atoms with E-state index in [1.807, 2.05) is 26.1 Å². The van der Waals surface area contributed by atoms with Gasteiger partial charge in [0.25, 0.3) is 0 Å². The molecule has 16 heavy (non-hydrogen) atoms. The molecule has 0 aliphatic carbocycles. The molecule has 0 aliphatic rings. The number of hydrogen-bond acceptors (Lipinski definition) is 4. The fraction of sp³-hybridized carbons (Fsp3) is 0.417. The van der Waals surface area contributed by atoms with Crippen LogP contribution in [0.25, 0.3) is 10.8 Å². The van der Waals surface area contributed by atoms with Gasteiger partial charge in [-0.25, -0.2) is 4.98 Å². The average Bonchev–Trinajstić information content (AvgIpc) is 2.87. The summed E-state index contributed by atoms with van der Waals surface area (Å²) in [5, 5.41) is 6.23. The summed E-state index contributed by atoms with van der Waals surface area (Å²) in [6.45, 7) is 2.98. The number of thiazole rings is 1. The molecule has 0 aliphatic heterocycles. The maximum Gasteiger partial charge on any atom is 0.162 e. The van der Waals surface area contributed by atoms with E-state index < -0.39 is 0 Å². The summed E-state index contributed by atoms with van der Waals surface area (Å²) >= 11 is 1.65. The number of aryl methyl sites for hydroxylation is 2. The summed E-state index contributed by atoms with van der Waals surface area (Å²) in [7, 11) is 1.97. The first kappa shape index (κ1) is 11.4. The number of hydrogen-bond donors (Lipinski definition) is 1. The first-order valence-electron chi connectivity index (χ1n) is 5.45. The molecule has 0 saturated heterocycles. The fourth-order valence-electron chi connectivity index (χ4n) is 1.53. The number of furan rings is 1. The molecule has 0 atom stereocenters. The van der Waals surface area contributed by atoms with Gasteiger partial charge in [-0.3, -0.25) is 0 Å². The van der Waals surface area contributed by atoms with Gasteiger partial charge in [0.1, 0.15) is 5.76 Å². The van der Waals surface area contributed by atoms with Crippen molar-refractivity contribution in [1.29, 1.82) is 0 Å². The van der Waals surface area contributed by atoms with Crippen LogP contribution in [0, 0.1) is 6.92 Å². The van der Waals surface area contributed by atoms with Crippen LogP contribution in [0.15, 0.2) is 21.9 Å². The van der Waals surface area contributed by atoms with Gasteiger partial charge < -0.3 is 9.73 Å². The van der Waals surface area contributed by atoms with Crippen molar-refractivity contribution in [3.05, 3.63) is 29.0 Å². The van der Waals surface area contributed by atoms with Crippen LogP contribution in [0.3, 0.4) is 0 Å². The minimum absolute atomic E-state index is 0.877. The maximum absolute atomic E-state index is 5.54. The Labute approximate surface area is 99.5 Å². The molecule has 0 saturated carbocycles. The highest BCUT2D eigenvalue weighted by atomic mass is 32.1. The van der Waals surface area contributed by atoms with Crippen LogP contribution in [-0.4, -0.2) is 18.6 Å². The number of rotatable bonds is 5. The van der Waals surface area contributed by atoms with E-state index in [1.165, 1.54) is 0 Å². The molecule has 2 rings (SSSR count).